The van der Waals surface area contributed by atoms with Gasteiger partial charge < -0.3 is 4.42 Å². The van der Waals surface area contributed by atoms with Crippen molar-refractivity contribution in [1.82, 2.24) is 24.5 Å². The topological polar surface area (TPSA) is 69.6 Å². The van der Waals surface area contributed by atoms with Gasteiger partial charge >= 0.3 is 0 Å². The van der Waals surface area contributed by atoms with Gasteiger partial charge in [-0.05, 0) is 72.8 Å². The second-order valence-electron chi connectivity index (χ2n) is 13.1. The van der Waals surface area contributed by atoms with Gasteiger partial charge in [0.25, 0.3) is 0 Å². The first-order valence-electron chi connectivity index (χ1n) is 17.5. The minimum Gasteiger partial charge on any atom is -0.456 e. The van der Waals surface area contributed by atoms with Crippen LogP contribution >= 0.6 is 11.3 Å². The third-order valence-electron chi connectivity index (χ3n) is 9.87. The summed E-state index contributed by atoms with van der Waals surface area (Å²) in [5, 5.41) is 4.35. The van der Waals surface area contributed by atoms with Crippen LogP contribution in [0.1, 0.15) is 0 Å². The van der Waals surface area contributed by atoms with Crippen LogP contribution in [0, 0.1) is 0 Å². The molecule has 0 N–H and O–H groups in total. The molecule has 11 rings (SSSR count). The molecular weight excluding hydrogens is 671 g/mol. The van der Waals surface area contributed by atoms with E-state index in [4.69, 9.17) is 24.4 Å². The van der Waals surface area contributed by atoms with E-state index >= 15 is 0 Å². The van der Waals surface area contributed by atoms with Gasteiger partial charge in [0.1, 0.15) is 17.0 Å². The summed E-state index contributed by atoms with van der Waals surface area (Å²) in [4.78, 5) is 20.5. The highest BCUT2D eigenvalue weighted by atomic mass is 32.1. The molecule has 0 aliphatic carbocycles. The molecule has 0 fully saturated rings. The van der Waals surface area contributed by atoms with E-state index in [1.54, 1.807) is 11.3 Å². The average molecular weight is 698 g/mol. The van der Waals surface area contributed by atoms with Crippen molar-refractivity contribution in [2.24, 2.45) is 0 Å². The fraction of sp³-hybridized carbons (Fsp3) is 0. The highest BCUT2D eigenvalue weighted by Gasteiger charge is 2.21. The van der Waals surface area contributed by atoms with Crippen LogP contribution in [0.2, 0.25) is 0 Å². The molecule has 0 atom stereocenters. The third kappa shape index (κ3) is 4.86. The van der Waals surface area contributed by atoms with Crippen LogP contribution in [0.15, 0.2) is 168 Å². The van der Waals surface area contributed by atoms with Gasteiger partial charge in [0.2, 0.25) is 0 Å². The maximum absolute atomic E-state index is 6.49. The molecule has 0 aliphatic heterocycles. The molecule has 7 heteroatoms. The number of imidazole rings is 1. The second kappa shape index (κ2) is 11.8. The van der Waals surface area contributed by atoms with Crippen molar-refractivity contribution in [2.75, 3.05) is 0 Å². The van der Waals surface area contributed by atoms with E-state index in [1.165, 1.54) is 20.2 Å². The molecule has 0 unspecified atom stereocenters. The molecular formula is C46H27N5OS. The van der Waals surface area contributed by atoms with Gasteiger partial charge in [-0.25, -0.2) is 19.9 Å². The summed E-state index contributed by atoms with van der Waals surface area (Å²) in [6, 6.07) is 56.2. The van der Waals surface area contributed by atoms with Crippen molar-refractivity contribution in [3.63, 3.8) is 0 Å². The van der Waals surface area contributed by atoms with Gasteiger partial charge in [-0.1, -0.05) is 91.0 Å². The Bertz CT molecular complexity index is 3180. The Morgan fingerprint density at radius 1 is 0.453 bits per heavy atom. The van der Waals surface area contributed by atoms with Crippen molar-refractivity contribution >= 4 is 64.5 Å². The Hall–Kier alpha value is -6.96. The molecule has 0 spiro atoms. The second-order valence-corrected chi connectivity index (χ2v) is 14.2. The fourth-order valence-corrected chi connectivity index (χ4v) is 8.50. The SMILES string of the molecule is c1ccc(-c2nc(-c3ccc4sc5ccccc5c4c3)nc(-c3cccc4oc5ccc(-c6nc7ccccc7n6-c6ccccc6)cc5c34)n2)cc1. The standard InChI is InChI=1S/C46H27N5OS/c1-3-12-28(13-4-1)43-48-44(29-23-25-41-34(26-29)32-16-7-10-21-40(32)53-41)50-45(49-43)33-17-11-20-39-42(33)35-27-30(22-24-38(35)52-39)46-47-36-18-8-9-19-37(36)51(46)31-14-5-2-6-15-31/h1-27H. The Kier molecular flexibility index (Phi) is 6.62. The number of nitrogens with zero attached hydrogens (tertiary/aromatic N) is 5. The first kappa shape index (κ1) is 29.7. The molecule has 0 saturated carbocycles. The molecule has 11 aromatic rings. The van der Waals surface area contributed by atoms with Crippen LogP contribution in [0.3, 0.4) is 0 Å². The molecule has 0 amide bonds. The number of hydrogen-bond donors (Lipinski definition) is 0. The first-order chi connectivity index (χ1) is 26.2. The maximum Gasteiger partial charge on any atom is 0.164 e. The Morgan fingerprint density at radius 3 is 2.04 bits per heavy atom. The third-order valence-corrected chi connectivity index (χ3v) is 11.0. The van der Waals surface area contributed by atoms with Gasteiger partial charge in [0.05, 0.1) is 11.0 Å². The lowest BCUT2D eigenvalue weighted by Gasteiger charge is -2.10. The molecule has 0 saturated heterocycles. The van der Waals surface area contributed by atoms with Crippen molar-refractivity contribution in [3.05, 3.63) is 164 Å². The van der Waals surface area contributed by atoms with Crippen LogP contribution in [-0.2, 0) is 0 Å². The zero-order valence-corrected chi connectivity index (χ0v) is 29.0. The van der Waals surface area contributed by atoms with Crippen LogP contribution in [0.5, 0.6) is 0 Å². The largest absolute Gasteiger partial charge is 0.456 e. The number of furan rings is 1. The molecule has 4 heterocycles. The van der Waals surface area contributed by atoms with E-state index in [9.17, 15) is 0 Å². The van der Waals surface area contributed by atoms with E-state index in [0.717, 1.165) is 66.7 Å². The summed E-state index contributed by atoms with van der Waals surface area (Å²) in [5.41, 5.74) is 8.29. The normalized spacial score (nSPS) is 11.8. The highest BCUT2D eigenvalue weighted by molar-refractivity contribution is 7.25. The molecule has 4 aromatic heterocycles. The summed E-state index contributed by atoms with van der Waals surface area (Å²) < 4.78 is 11.2. The van der Waals surface area contributed by atoms with Gasteiger partial charge in [0.15, 0.2) is 17.5 Å². The molecule has 0 bridgehead atoms. The fourth-order valence-electron chi connectivity index (χ4n) is 7.42. The Balaban J connectivity index is 1.13. The van der Waals surface area contributed by atoms with Gasteiger partial charge in [0, 0.05) is 58.9 Å². The average Bonchev–Trinajstić information content (AvgIpc) is 3.92. The summed E-state index contributed by atoms with van der Waals surface area (Å²) in [6.45, 7) is 0. The van der Waals surface area contributed by atoms with Gasteiger partial charge in [-0.2, -0.15) is 0 Å². The summed E-state index contributed by atoms with van der Waals surface area (Å²) in [7, 11) is 0. The van der Waals surface area contributed by atoms with E-state index in [-0.39, 0.29) is 0 Å². The van der Waals surface area contributed by atoms with Crippen LogP contribution in [0.25, 0.3) is 104 Å². The maximum atomic E-state index is 6.49. The first-order valence-corrected chi connectivity index (χ1v) is 18.3. The lowest BCUT2D eigenvalue weighted by molar-refractivity contribution is 0.669. The number of para-hydroxylation sites is 3. The zero-order valence-electron chi connectivity index (χ0n) is 28.1. The van der Waals surface area contributed by atoms with Gasteiger partial charge in [-0.3, -0.25) is 4.57 Å². The van der Waals surface area contributed by atoms with E-state index in [2.05, 4.69) is 108 Å². The number of benzene rings is 7. The summed E-state index contributed by atoms with van der Waals surface area (Å²) in [5.74, 6) is 2.67. The number of hydrogen-bond acceptors (Lipinski definition) is 6. The van der Waals surface area contributed by atoms with Crippen LogP contribution < -0.4 is 0 Å². The molecule has 0 radical (unpaired) electrons. The monoisotopic (exact) mass is 697 g/mol. The van der Waals surface area contributed by atoms with Crippen LogP contribution in [-0.4, -0.2) is 24.5 Å². The number of thiophene rings is 1. The van der Waals surface area contributed by atoms with Crippen LogP contribution in [0.4, 0.5) is 0 Å². The number of aromatic nitrogens is 5. The Morgan fingerprint density at radius 2 is 1.15 bits per heavy atom. The molecule has 7 aromatic carbocycles. The van der Waals surface area contributed by atoms with Gasteiger partial charge in [-0.15, -0.1) is 11.3 Å². The number of rotatable bonds is 5. The Labute approximate surface area is 307 Å². The number of fused-ring (bicyclic) bond motifs is 7. The predicted octanol–water partition coefficient (Wildman–Crippen LogP) is 12.1. The van der Waals surface area contributed by atoms with E-state index in [0.29, 0.717) is 17.5 Å². The van der Waals surface area contributed by atoms with Crippen molar-refractivity contribution in [2.45, 2.75) is 0 Å². The lowest BCUT2D eigenvalue weighted by atomic mass is 10.0. The zero-order chi connectivity index (χ0) is 34.9. The van der Waals surface area contributed by atoms with E-state index < -0.39 is 0 Å². The minimum absolute atomic E-state index is 0.583. The van der Waals surface area contributed by atoms with Crippen molar-refractivity contribution in [1.29, 1.82) is 0 Å². The smallest absolute Gasteiger partial charge is 0.164 e. The molecule has 0 aliphatic rings. The summed E-state index contributed by atoms with van der Waals surface area (Å²) >= 11 is 1.80. The molecule has 6 nitrogen and oxygen atoms in total. The van der Waals surface area contributed by atoms with E-state index in [1.807, 2.05) is 60.7 Å². The van der Waals surface area contributed by atoms with Crippen molar-refractivity contribution < 1.29 is 4.42 Å². The highest BCUT2D eigenvalue weighted by Crippen LogP contribution is 2.40. The minimum atomic E-state index is 0.583. The molecule has 53 heavy (non-hydrogen) atoms. The lowest BCUT2D eigenvalue weighted by Crippen LogP contribution is -2.00. The molecule has 248 valence electrons. The predicted molar refractivity (Wildman–Crippen MR) is 216 cm³/mol. The quantitative estimate of drug-likeness (QED) is 0.179. The summed E-state index contributed by atoms with van der Waals surface area (Å²) in [6.07, 6.45) is 0. The van der Waals surface area contributed by atoms with Crippen molar-refractivity contribution in [3.8, 4) is 51.2 Å².